The van der Waals surface area contributed by atoms with E-state index in [1.807, 2.05) is 12.1 Å². The third kappa shape index (κ3) is 3.96. The van der Waals surface area contributed by atoms with Crippen LogP contribution in [0.25, 0.3) is 88.1 Å². The van der Waals surface area contributed by atoms with Crippen LogP contribution in [0.3, 0.4) is 0 Å². The summed E-state index contributed by atoms with van der Waals surface area (Å²) >= 11 is 0. The highest BCUT2D eigenvalue weighted by Gasteiger charge is 2.29. The van der Waals surface area contributed by atoms with Gasteiger partial charge in [-0.25, -0.2) is 0 Å². The fourth-order valence-electron chi connectivity index (χ4n) is 8.52. The van der Waals surface area contributed by atoms with Gasteiger partial charge < -0.3 is 13.3 Å². The van der Waals surface area contributed by atoms with Crippen molar-refractivity contribution in [3.8, 4) is 22.3 Å². The van der Waals surface area contributed by atoms with Crippen molar-refractivity contribution in [3.05, 3.63) is 156 Å². The average molecular weight is 631 g/mol. The molecular weight excluding hydrogens is 601 g/mol. The highest BCUT2D eigenvalue weighted by molar-refractivity contribution is 6.16. The molecule has 2 atom stereocenters. The summed E-state index contributed by atoms with van der Waals surface area (Å²) in [7, 11) is 0. The summed E-state index contributed by atoms with van der Waals surface area (Å²) in [5, 5.41) is 6.72. The van der Waals surface area contributed by atoms with Crippen LogP contribution in [0.2, 0.25) is 0 Å². The lowest BCUT2D eigenvalue weighted by atomic mass is 9.80. The molecular formula is C46H30O3. The molecule has 11 rings (SSSR count). The van der Waals surface area contributed by atoms with E-state index in [1.54, 1.807) is 0 Å². The number of benzene rings is 7. The van der Waals surface area contributed by atoms with E-state index < -0.39 is 0 Å². The van der Waals surface area contributed by atoms with Gasteiger partial charge in [-0.2, -0.15) is 0 Å². The minimum Gasteiger partial charge on any atom is -0.456 e. The standard InChI is InChI=1S/C46H30O3/c1-26-31-9-4-5-11-33(31)32-10-3-2-8-29(32)22-35(26)30-16-19-44-38(23-30)40-24-39-37-21-28(15-18-43(37)48-45(39)25-46(40)49-44)27-14-17-42-36(20-27)34-12-6-7-13-41(34)47-42/h2-21,23-26,35H,22H2,1H3. The summed E-state index contributed by atoms with van der Waals surface area (Å²) in [6.07, 6.45) is 0.993. The zero-order chi connectivity index (χ0) is 32.2. The molecule has 0 N–H and O–H groups in total. The van der Waals surface area contributed by atoms with Gasteiger partial charge >= 0.3 is 0 Å². The number of hydrogen-bond acceptors (Lipinski definition) is 3. The third-order valence-electron chi connectivity index (χ3n) is 11.0. The van der Waals surface area contributed by atoms with Crippen molar-refractivity contribution in [1.29, 1.82) is 0 Å². The van der Waals surface area contributed by atoms with E-state index in [-0.39, 0.29) is 0 Å². The predicted molar refractivity (Wildman–Crippen MR) is 200 cm³/mol. The number of para-hydroxylation sites is 1. The van der Waals surface area contributed by atoms with Crippen LogP contribution in [-0.2, 0) is 6.42 Å². The molecule has 49 heavy (non-hydrogen) atoms. The third-order valence-corrected chi connectivity index (χ3v) is 11.0. The Morgan fingerprint density at radius 1 is 0.429 bits per heavy atom. The van der Waals surface area contributed by atoms with Crippen molar-refractivity contribution < 1.29 is 13.3 Å². The van der Waals surface area contributed by atoms with E-state index in [4.69, 9.17) is 13.3 Å². The van der Waals surface area contributed by atoms with Gasteiger partial charge in [0.05, 0.1) is 0 Å². The Morgan fingerprint density at radius 2 is 0.980 bits per heavy atom. The first-order valence-electron chi connectivity index (χ1n) is 17.1. The smallest absolute Gasteiger partial charge is 0.139 e. The van der Waals surface area contributed by atoms with Crippen LogP contribution in [0.1, 0.15) is 35.4 Å². The first kappa shape index (κ1) is 26.9. The Balaban J connectivity index is 1.05. The molecule has 0 bridgehead atoms. The summed E-state index contributed by atoms with van der Waals surface area (Å²) in [6, 6.07) is 50.1. The highest BCUT2D eigenvalue weighted by Crippen LogP contribution is 2.46. The van der Waals surface area contributed by atoms with Gasteiger partial charge in [0.15, 0.2) is 0 Å². The molecule has 7 aromatic carbocycles. The number of fused-ring (bicyclic) bond motifs is 12. The summed E-state index contributed by atoms with van der Waals surface area (Å²) < 4.78 is 19.0. The van der Waals surface area contributed by atoms with Crippen LogP contribution in [0, 0.1) is 0 Å². The summed E-state index contributed by atoms with van der Waals surface area (Å²) in [4.78, 5) is 0. The Bertz CT molecular complexity index is 2950. The minimum atomic E-state index is 0.338. The van der Waals surface area contributed by atoms with Crippen LogP contribution in [-0.4, -0.2) is 0 Å². The molecule has 0 saturated carbocycles. The maximum absolute atomic E-state index is 6.46. The van der Waals surface area contributed by atoms with Crippen molar-refractivity contribution in [2.75, 3.05) is 0 Å². The fourth-order valence-corrected chi connectivity index (χ4v) is 8.52. The molecule has 0 amide bonds. The minimum absolute atomic E-state index is 0.338. The maximum atomic E-state index is 6.46. The van der Waals surface area contributed by atoms with E-state index in [2.05, 4.69) is 134 Å². The Kier molecular flexibility index (Phi) is 5.49. The van der Waals surface area contributed by atoms with E-state index in [0.29, 0.717) is 11.8 Å². The van der Waals surface area contributed by atoms with Gasteiger partial charge in [0, 0.05) is 38.4 Å². The molecule has 10 aromatic rings. The second-order valence-corrected chi connectivity index (χ2v) is 13.7. The van der Waals surface area contributed by atoms with Crippen molar-refractivity contribution in [1.82, 2.24) is 0 Å². The Hall–Kier alpha value is -6.06. The summed E-state index contributed by atoms with van der Waals surface area (Å²) in [5.41, 5.74) is 14.4. The molecule has 0 spiro atoms. The number of furan rings is 3. The summed E-state index contributed by atoms with van der Waals surface area (Å²) in [6.45, 7) is 2.39. The quantitative estimate of drug-likeness (QED) is 0.191. The lowest BCUT2D eigenvalue weighted by molar-refractivity contribution is 0.579. The molecule has 3 heteroatoms. The van der Waals surface area contributed by atoms with Crippen LogP contribution in [0.5, 0.6) is 0 Å². The molecule has 0 radical (unpaired) electrons. The second kappa shape index (κ2) is 9.98. The fraction of sp³-hybridized carbons (Fsp3) is 0.0870. The van der Waals surface area contributed by atoms with Gasteiger partial charge in [0.2, 0.25) is 0 Å². The van der Waals surface area contributed by atoms with Gasteiger partial charge in [-0.3, -0.25) is 0 Å². The van der Waals surface area contributed by atoms with E-state index in [1.165, 1.54) is 27.8 Å². The van der Waals surface area contributed by atoms with Crippen molar-refractivity contribution in [2.45, 2.75) is 25.2 Å². The van der Waals surface area contributed by atoms with Crippen LogP contribution >= 0.6 is 0 Å². The van der Waals surface area contributed by atoms with Crippen LogP contribution in [0.4, 0.5) is 0 Å². The largest absolute Gasteiger partial charge is 0.456 e. The van der Waals surface area contributed by atoms with E-state index in [9.17, 15) is 0 Å². The number of hydrogen-bond donors (Lipinski definition) is 0. The van der Waals surface area contributed by atoms with Crippen LogP contribution in [0.15, 0.2) is 153 Å². The van der Waals surface area contributed by atoms with Crippen molar-refractivity contribution >= 4 is 65.8 Å². The first-order valence-corrected chi connectivity index (χ1v) is 17.1. The SMILES string of the molecule is CC1c2ccccc2-c2ccccc2CC1c1ccc2oc3cc4oc5ccc(-c6ccc7oc8ccccc8c7c6)cc5c4cc3c2c1. The molecule has 0 saturated heterocycles. The topological polar surface area (TPSA) is 39.4 Å². The normalized spacial score (nSPS) is 16.2. The van der Waals surface area contributed by atoms with Crippen LogP contribution < -0.4 is 0 Å². The molecule has 1 aliphatic rings. The zero-order valence-corrected chi connectivity index (χ0v) is 26.9. The van der Waals surface area contributed by atoms with Gasteiger partial charge in [0.1, 0.15) is 33.5 Å². The van der Waals surface area contributed by atoms with Gasteiger partial charge in [-0.15, -0.1) is 0 Å². The molecule has 3 nitrogen and oxygen atoms in total. The lowest BCUT2D eigenvalue weighted by Crippen LogP contribution is -2.10. The van der Waals surface area contributed by atoms with Gasteiger partial charge in [-0.1, -0.05) is 91.9 Å². The molecule has 2 unspecified atom stereocenters. The average Bonchev–Trinajstić information content (AvgIpc) is 3.79. The van der Waals surface area contributed by atoms with E-state index >= 15 is 0 Å². The molecule has 3 aromatic heterocycles. The Morgan fingerprint density at radius 3 is 1.76 bits per heavy atom. The van der Waals surface area contributed by atoms with Crippen molar-refractivity contribution in [2.24, 2.45) is 0 Å². The van der Waals surface area contributed by atoms with Gasteiger partial charge in [0.25, 0.3) is 0 Å². The first-order chi connectivity index (χ1) is 24.2. The number of rotatable bonds is 2. The predicted octanol–water partition coefficient (Wildman–Crippen LogP) is 13.2. The van der Waals surface area contributed by atoms with Gasteiger partial charge in [-0.05, 0) is 106 Å². The summed E-state index contributed by atoms with van der Waals surface area (Å²) in [5.74, 6) is 0.700. The molecule has 232 valence electrons. The lowest BCUT2D eigenvalue weighted by Gasteiger charge is -2.24. The molecule has 3 heterocycles. The second-order valence-electron chi connectivity index (χ2n) is 13.7. The molecule has 1 aliphatic carbocycles. The Labute approximate surface area is 282 Å². The zero-order valence-electron chi connectivity index (χ0n) is 26.9. The monoisotopic (exact) mass is 630 g/mol. The highest BCUT2D eigenvalue weighted by atomic mass is 16.3. The molecule has 0 fully saturated rings. The van der Waals surface area contributed by atoms with E-state index in [0.717, 1.165) is 83.4 Å². The maximum Gasteiger partial charge on any atom is 0.139 e. The molecule has 0 aliphatic heterocycles. The van der Waals surface area contributed by atoms with Crippen molar-refractivity contribution in [3.63, 3.8) is 0 Å².